The summed E-state index contributed by atoms with van der Waals surface area (Å²) < 4.78 is 0. The van der Waals surface area contributed by atoms with Crippen LogP contribution >= 0.6 is 0 Å². The number of carbonyl (C=O) groups excluding carboxylic acids is 3. The zero-order valence-corrected chi connectivity index (χ0v) is 13.3. The first-order valence-corrected chi connectivity index (χ1v) is 7.55. The summed E-state index contributed by atoms with van der Waals surface area (Å²) in [6.07, 6.45) is 1.30. The van der Waals surface area contributed by atoms with Crippen LogP contribution in [0.1, 0.15) is 33.6 Å². The molecule has 1 aliphatic rings. The van der Waals surface area contributed by atoms with Gasteiger partial charge in [-0.1, -0.05) is 0 Å². The van der Waals surface area contributed by atoms with E-state index in [-0.39, 0.29) is 24.5 Å². The lowest BCUT2D eigenvalue weighted by Crippen LogP contribution is -2.55. The Balaban J connectivity index is 2.67. The van der Waals surface area contributed by atoms with Crippen LogP contribution in [0.4, 0.5) is 0 Å². The number of carbonyl (C=O) groups is 3. The minimum Gasteiger partial charge on any atom is -0.394 e. The van der Waals surface area contributed by atoms with Gasteiger partial charge in [0.1, 0.15) is 12.1 Å². The van der Waals surface area contributed by atoms with Crippen LogP contribution in [-0.4, -0.2) is 65.0 Å². The average Bonchev–Trinajstić information content (AvgIpc) is 2.95. The second kappa shape index (κ2) is 8.09. The molecule has 1 heterocycles. The second-order valence-electron chi connectivity index (χ2n) is 5.80. The standard InChI is InChI=1S/C14H26N4O4/c1-8(7-19)16-13(21)11-5-4-6-18(11)14(22)10(3)17-12(20)9(2)15/h8-11,19H,4-7,15H2,1-3H3,(H,16,21)(H,17,20)/t8-,9-,10-,11-/m0/s1. The maximum absolute atomic E-state index is 12.4. The molecular weight excluding hydrogens is 288 g/mol. The first-order valence-electron chi connectivity index (χ1n) is 7.55. The lowest BCUT2D eigenvalue weighted by molar-refractivity contribution is -0.141. The van der Waals surface area contributed by atoms with E-state index < -0.39 is 24.0 Å². The van der Waals surface area contributed by atoms with Gasteiger partial charge in [0.15, 0.2) is 0 Å². The zero-order chi connectivity index (χ0) is 16.9. The van der Waals surface area contributed by atoms with Gasteiger partial charge in [-0.25, -0.2) is 0 Å². The number of likely N-dealkylation sites (tertiary alicyclic amines) is 1. The molecule has 5 N–H and O–H groups in total. The second-order valence-corrected chi connectivity index (χ2v) is 5.80. The van der Waals surface area contributed by atoms with Crippen LogP contribution in [0.3, 0.4) is 0 Å². The predicted octanol–water partition coefficient (Wildman–Crippen LogP) is -1.67. The van der Waals surface area contributed by atoms with Crippen molar-refractivity contribution in [3.63, 3.8) is 0 Å². The number of nitrogens with two attached hydrogens (primary N) is 1. The Labute approximate surface area is 130 Å². The molecule has 1 saturated heterocycles. The fraction of sp³-hybridized carbons (Fsp3) is 0.786. The predicted molar refractivity (Wildman–Crippen MR) is 80.7 cm³/mol. The van der Waals surface area contributed by atoms with Gasteiger partial charge in [0.2, 0.25) is 17.7 Å². The van der Waals surface area contributed by atoms with Crippen LogP contribution in [-0.2, 0) is 14.4 Å². The SMILES string of the molecule is C[C@H](N)C(=O)N[C@@H](C)C(=O)N1CCC[C@H]1C(=O)N[C@@H](C)CO. The lowest BCUT2D eigenvalue weighted by Gasteiger charge is -2.28. The molecule has 1 fully saturated rings. The fourth-order valence-corrected chi connectivity index (χ4v) is 2.34. The average molecular weight is 314 g/mol. The molecule has 4 atom stereocenters. The van der Waals surface area contributed by atoms with Crippen LogP contribution in [0, 0.1) is 0 Å². The van der Waals surface area contributed by atoms with Gasteiger partial charge in [0, 0.05) is 12.6 Å². The minimum atomic E-state index is -0.734. The van der Waals surface area contributed by atoms with Crippen molar-refractivity contribution in [2.45, 2.75) is 57.8 Å². The number of nitrogens with one attached hydrogen (secondary N) is 2. The molecule has 22 heavy (non-hydrogen) atoms. The Morgan fingerprint density at radius 1 is 1.27 bits per heavy atom. The van der Waals surface area contributed by atoms with Crippen molar-refractivity contribution in [1.82, 2.24) is 15.5 Å². The van der Waals surface area contributed by atoms with Crippen molar-refractivity contribution in [3.05, 3.63) is 0 Å². The molecule has 0 bridgehead atoms. The summed E-state index contributed by atoms with van der Waals surface area (Å²) in [5.41, 5.74) is 5.46. The number of aliphatic hydroxyl groups excluding tert-OH is 1. The Hall–Kier alpha value is -1.67. The fourth-order valence-electron chi connectivity index (χ4n) is 2.34. The van der Waals surface area contributed by atoms with Gasteiger partial charge in [0.05, 0.1) is 12.6 Å². The maximum Gasteiger partial charge on any atom is 0.245 e. The zero-order valence-electron chi connectivity index (χ0n) is 13.3. The monoisotopic (exact) mass is 314 g/mol. The quantitative estimate of drug-likeness (QED) is 0.466. The molecule has 8 heteroatoms. The van der Waals surface area contributed by atoms with Gasteiger partial charge in [0.25, 0.3) is 0 Å². The summed E-state index contributed by atoms with van der Waals surface area (Å²) in [5, 5.41) is 14.2. The molecule has 0 aromatic heterocycles. The third kappa shape index (κ3) is 4.67. The van der Waals surface area contributed by atoms with Crippen molar-refractivity contribution in [1.29, 1.82) is 0 Å². The molecule has 1 aliphatic heterocycles. The molecule has 0 saturated carbocycles. The van der Waals surface area contributed by atoms with Crippen LogP contribution in [0.15, 0.2) is 0 Å². The number of nitrogens with zero attached hydrogens (tertiary/aromatic N) is 1. The van der Waals surface area contributed by atoms with Gasteiger partial charge >= 0.3 is 0 Å². The highest BCUT2D eigenvalue weighted by molar-refractivity contribution is 5.93. The third-order valence-electron chi connectivity index (χ3n) is 3.64. The number of rotatable bonds is 6. The van der Waals surface area contributed by atoms with Crippen molar-refractivity contribution >= 4 is 17.7 Å². The molecule has 8 nitrogen and oxygen atoms in total. The molecule has 0 spiro atoms. The van der Waals surface area contributed by atoms with Crippen molar-refractivity contribution in [3.8, 4) is 0 Å². The van der Waals surface area contributed by atoms with E-state index >= 15 is 0 Å². The van der Waals surface area contributed by atoms with Crippen LogP contribution in [0.5, 0.6) is 0 Å². The lowest BCUT2D eigenvalue weighted by atomic mass is 10.1. The summed E-state index contributed by atoms with van der Waals surface area (Å²) in [4.78, 5) is 37.6. The van der Waals surface area contributed by atoms with Gasteiger partial charge in [-0.2, -0.15) is 0 Å². The number of amides is 3. The van der Waals surface area contributed by atoms with Crippen LogP contribution in [0.25, 0.3) is 0 Å². The highest BCUT2D eigenvalue weighted by atomic mass is 16.3. The summed E-state index contributed by atoms with van der Waals surface area (Å²) in [5.74, 6) is -0.989. The minimum absolute atomic E-state index is 0.159. The molecule has 0 radical (unpaired) electrons. The van der Waals surface area contributed by atoms with E-state index in [0.717, 1.165) is 6.42 Å². The smallest absolute Gasteiger partial charge is 0.245 e. The van der Waals surface area contributed by atoms with Gasteiger partial charge in [-0.3, -0.25) is 14.4 Å². The molecular formula is C14H26N4O4. The first-order chi connectivity index (χ1) is 10.3. The summed E-state index contributed by atoms with van der Waals surface area (Å²) >= 11 is 0. The Morgan fingerprint density at radius 2 is 1.91 bits per heavy atom. The van der Waals surface area contributed by atoms with Gasteiger partial charge in [-0.15, -0.1) is 0 Å². The Morgan fingerprint density at radius 3 is 2.45 bits per heavy atom. The Kier molecular flexibility index (Phi) is 6.76. The van der Waals surface area contributed by atoms with E-state index in [9.17, 15) is 14.4 Å². The van der Waals surface area contributed by atoms with Crippen LogP contribution in [0.2, 0.25) is 0 Å². The molecule has 0 aromatic rings. The van der Waals surface area contributed by atoms with Gasteiger partial charge in [-0.05, 0) is 33.6 Å². The van der Waals surface area contributed by atoms with E-state index in [4.69, 9.17) is 10.8 Å². The molecule has 0 aliphatic carbocycles. The molecule has 3 amide bonds. The van der Waals surface area contributed by atoms with E-state index in [1.807, 2.05) is 0 Å². The summed E-state index contributed by atoms with van der Waals surface area (Å²) in [6.45, 7) is 5.11. The largest absolute Gasteiger partial charge is 0.394 e. The third-order valence-corrected chi connectivity index (χ3v) is 3.64. The normalized spacial score (nSPS) is 21.9. The van der Waals surface area contributed by atoms with E-state index in [1.54, 1.807) is 13.8 Å². The molecule has 1 rings (SSSR count). The molecule has 0 aromatic carbocycles. The van der Waals surface area contributed by atoms with Crippen molar-refractivity contribution < 1.29 is 19.5 Å². The maximum atomic E-state index is 12.4. The van der Waals surface area contributed by atoms with Gasteiger partial charge < -0.3 is 26.4 Å². The number of aliphatic hydroxyl groups is 1. The Bertz CT molecular complexity index is 427. The highest BCUT2D eigenvalue weighted by Gasteiger charge is 2.36. The van der Waals surface area contributed by atoms with Crippen LogP contribution < -0.4 is 16.4 Å². The first kappa shape index (κ1) is 18.4. The number of hydrogen-bond acceptors (Lipinski definition) is 5. The molecule has 0 unspecified atom stereocenters. The molecule has 126 valence electrons. The van der Waals surface area contributed by atoms with E-state index in [2.05, 4.69) is 10.6 Å². The van der Waals surface area contributed by atoms with E-state index in [1.165, 1.54) is 11.8 Å². The van der Waals surface area contributed by atoms with E-state index in [0.29, 0.717) is 13.0 Å². The summed E-state index contributed by atoms with van der Waals surface area (Å²) in [6, 6.07) is -2.35. The van der Waals surface area contributed by atoms with Crippen molar-refractivity contribution in [2.75, 3.05) is 13.2 Å². The highest BCUT2D eigenvalue weighted by Crippen LogP contribution is 2.18. The number of hydrogen-bond donors (Lipinski definition) is 4. The topological polar surface area (TPSA) is 125 Å². The van der Waals surface area contributed by atoms with Crippen molar-refractivity contribution in [2.24, 2.45) is 5.73 Å². The summed E-state index contributed by atoms with van der Waals surface area (Å²) in [7, 11) is 0.